The number of halogens is 1. The SMILES string of the molecule is Nc1cccc(CC(=O)OCCF)c1. The Balaban J connectivity index is 2.47. The number of esters is 1. The predicted molar refractivity (Wildman–Crippen MR) is 51.5 cm³/mol. The zero-order valence-electron chi connectivity index (χ0n) is 7.70. The molecule has 0 aromatic heterocycles. The van der Waals surface area contributed by atoms with E-state index in [9.17, 15) is 9.18 Å². The molecule has 0 saturated carbocycles. The molecule has 0 amide bonds. The van der Waals surface area contributed by atoms with Crippen LogP contribution in [-0.2, 0) is 16.0 Å². The Labute approximate surface area is 81.7 Å². The zero-order valence-corrected chi connectivity index (χ0v) is 7.70. The number of hydrogen-bond acceptors (Lipinski definition) is 3. The Bertz CT molecular complexity index is 315. The van der Waals surface area contributed by atoms with Crippen molar-refractivity contribution in [1.29, 1.82) is 0 Å². The van der Waals surface area contributed by atoms with Gasteiger partial charge < -0.3 is 10.5 Å². The number of anilines is 1. The summed E-state index contributed by atoms with van der Waals surface area (Å²) in [5, 5.41) is 0. The molecule has 76 valence electrons. The maximum Gasteiger partial charge on any atom is 0.310 e. The first kappa shape index (κ1) is 10.5. The van der Waals surface area contributed by atoms with E-state index in [0.29, 0.717) is 5.69 Å². The van der Waals surface area contributed by atoms with Crippen LogP contribution in [0.3, 0.4) is 0 Å². The van der Waals surface area contributed by atoms with Crippen molar-refractivity contribution in [1.82, 2.24) is 0 Å². The van der Waals surface area contributed by atoms with Crippen LogP contribution in [0.5, 0.6) is 0 Å². The fourth-order valence-corrected chi connectivity index (χ4v) is 1.07. The summed E-state index contributed by atoms with van der Waals surface area (Å²) in [4.78, 5) is 11.1. The van der Waals surface area contributed by atoms with Gasteiger partial charge in [0.15, 0.2) is 0 Å². The molecule has 0 radical (unpaired) electrons. The second kappa shape index (κ2) is 5.21. The molecule has 0 saturated heterocycles. The first-order valence-electron chi connectivity index (χ1n) is 4.28. The zero-order chi connectivity index (χ0) is 10.4. The van der Waals surface area contributed by atoms with Crippen molar-refractivity contribution in [2.45, 2.75) is 6.42 Å². The summed E-state index contributed by atoms with van der Waals surface area (Å²) in [5.41, 5.74) is 6.89. The molecular weight excluding hydrogens is 185 g/mol. The summed E-state index contributed by atoms with van der Waals surface area (Å²) < 4.78 is 16.2. The first-order valence-corrected chi connectivity index (χ1v) is 4.28. The molecule has 1 rings (SSSR count). The third kappa shape index (κ3) is 3.43. The third-order valence-corrected chi connectivity index (χ3v) is 1.64. The minimum absolute atomic E-state index is 0.130. The standard InChI is InChI=1S/C10H12FNO2/c11-4-5-14-10(13)7-8-2-1-3-9(12)6-8/h1-3,6H,4-5,7,12H2. The van der Waals surface area contributed by atoms with Gasteiger partial charge in [-0.3, -0.25) is 4.79 Å². The molecule has 14 heavy (non-hydrogen) atoms. The average molecular weight is 197 g/mol. The Kier molecular flexibility index (Phi) is 3.91. The summed E-state index contributed by atoms with van der Waals surface area (Å²) in [6.45, 7) is -0.830. The number of nitrogen functional groups attached to an aromatic ring is 1. The molecule has 1 aromatic carbocycles. The van der Waals surface area contributed by atoms with E-state index in [4.69, 9.17) is 5.73 Å². The number of nitrogens with two attached hydrogens (primary N) is 1. The van der Waals surface area contributed by atoms with Crippen LogP contribution in [0.25, 0.3) is 0 Å². The smallest absolute Gasteiger partial charge is 0.310 e. The molecule has 2 N–H and O–H groups in total. The molecule has 0 aliphatic heterocycles. The molecule has 4 heteroatoms. The molecular formula is C10H12FNO2. The van der Waals surface area contributed by atoms with Gasteiger partial charge in [-0.05, 0) is 17.7 Å². The number of hydrogen-bond donors (Lipinski definition) is 1. The van der Waals surface area contributed by atoms with E-state index in [-0.39, 0.29) is 13.0 Å². The number of carbonyl (C=O) groups excluding carboxylic acids is 1. The van der Waals surface area contributed by atoms with E-state index in [1.165, 1.54) is 0 Å². The molecule has 0 heterocycles. The van der Waals surface area contributed by atoms with Gasteiger partial charge in [0.05, 0.1) is 6.42 Å². The van der Waals surface area contributed by atoms with Gasteiger partial charge in [0.25, 0.3) is 0 Å². The lowest BCUT2D eigenvalue weighted by Gasteiger charge is -2.02. The minimum atomic E-state index is -0.650. The first-order chi connectivity index (χ1) is 6.72. The van der Waals surface area contributed by atoms with Gasteiger partial charge in [-0.1, -0.05) is 12.1 Å². The predicted octanol–water partition coefficient (Wildman–Crippen LogP) is 1.32. The minimum Gasteiger partial charge on any atom is -0.463 e. The van der Waals surface area contributed by atoms with E-state index in [1.807, 2.05) is 0 Å². The molecule has 0 fully saturated rings. The largest absolute Gasteiger partial charge is 0.463 e. The molecule has 0 aliphatic rings. The maximum absolute atomic E-state index is 11.7. The summed E-state index contributed by atoms with van der Waals surface area (Å²) in [6.07, 6.45) is 0.130. The second-order valence-corrected chi connectivity index (χ2v) is 2.83. The van der Waals surface area contributed by atoms with E-state index >= 15 is 0 Å². The lowest BCUT2D eigenvalue weighted by molar-refractivity contribution is -0.143. The fourth-order valence-electron chi connectivity index (χ4n) is 1.07. The van der Waals surface area contributed by atoms with Gasteiger partial charge in [-0.25, -0.2) is 4.39 Å². The molecule has 0 bridgehead atoms. The Hall–Kier alpha value is -1.58. The van der Waals surface area contributed by atoms with Crippen molar-refractivity contribution in [3.8, 4) is 0 Å². The van der Waals surface area contributed by atoms with Crippen LogP contribution in [0, 0.1) is 0 Å². The highest BCUT2D eigenvalue weighted by atomic mass is 19.1. The van der Waals surface area contributed by atoms with Crippen molar-refractivity contribution >= 4 is 11.7 Å². The van der Waals surface area contributed by atoms with Crippen LogP contribution in [0.15, 0.2) is 24.3 Å². The van der Waals surface area contributed by atoms with Crippen molar-refractivity contribution < 1.29 is 13.9 Å². The van der Waals surface area contributed by atoms with Gasteiger partial charge in [0.2, 0.25) is 0 Å². The fraction of sp³-hybridized carbons (Fsp3) is 0.300. The Morgan fingerprint density at radius 1 is 1.50 bits per heavy atom. The van der Waals surface area contributed by atoms with Crippen LogP contribution in [-0.4, -0.2) is 19.3 Å². The van der Waals surface area contributed by atoms with Gasteiger partial charge >= 0.3 is 5.97 Å². The van der Waals surface area contributed by atoms with E-state index in [2.05, 4.69) is 4.74 Å². The van der Waals surface area contributed by atoms with Crippen molar-refractivity contribution in [3.05, 3.63) is 29.8 Å². The highest BCUT2D eigenvalue weighted by molar-refractivity contribution is 5.72. The molecule has 0 aliphatic carbocycles. The van der Waals surface area contributed by atoms with Crippen molar-refractivity contribution in [2.24, 2.45) is 0 Å². The van der Waals surface area contributed by atoms with E-state index < -0.39 is 12.6 Å². The number of rotatable bonds is 4. The number of carbonyl (C=O) groups is 1. The topological polar surface area (TPSA) is 52.3 Å². The number of alkyl halides is 1. The van der Waals surface area contributed by atoms with Crippen LogP contribution in [0.4, 0.5) is 10.1 Å². The second-order valence-electron chi connectivity index (χ2n) is 2.83. The van der Waals surface area contributed by atoms with Crippen molar-refractivity contribution in [3.63, 3.8) is 0 Å². The lowest BCUT2D eigenvalue weighted by Crippen LogP contribution is -2.09. The Morgan fingerprint density at radius 3 is 2.93 bits per heavy atom. The summed E-state index contributed by atoms with van der Waals surface area (Å²) in [5.74, 6) is -0.437. The molecule has 0 unspecified atom stereocenters. The quantitative estimate of drug-likeness (QED) is 0.585. The summed E-state index contributed by atoms with van der Waals surface area (Å²) in [6, 6.07) is 6.95. The normalized spacial score (nSPS) is 9.79. The molecule has 0 atom stereocenters. The highest BCUT2D eigenvalue weighted by Crippen LogP contribution is 2.07. The monoisotopic (exact) mass is 197 g/mol. The number of ether oxygens (including phenoxy) is 1. The van der Waals surface area contributed by atoms with Gasteiger partial charge in [0.1, 0.15) is 13.3 Å². The molecule has 0 spiro atoms. The van der Waals surface area contributed by atoms with Gasteiger partial charge in [0, 0.05) is 5.69 Å². The van der Waals surface area contributed by atoms with Crippen LogP contribution in [0.2, 0.25) is 0 Å². The lowest BCUT2D eigenvalue weighted by atomic mass is 10.1. The van der Waals surface area contributed by atoms with Crippen LogP contribution < -0.4 is 5.73 Å². The third-order valence-electron chi connectivity index (χ3n) is 1.64. The van der Waals surface area contributed by atoms with Crippen LogP contribution in [0.1, 0.15) is 5.56 Å². The molecule has 3 nitrogen and oxygen atoms in total. The average Bonchev–Trinajstić information content (AvgIpc) is 2.15. The van der Waals surface area contributed by atoms with Crippen LogP contribution >= 0.6 is 0 Å². The number of benzene rings is 1. The highest BCUT2D eigenvalue weighted by Gasteiger charge is 2.04. The van der Waals surface area contributed by atoms with Gasteiger partial charge in [-0.15, -0.1) is 0 Å². The van der Waals surface area contributed by atoms with E-state index in [1.54, 1.807) is 24.3 Å². The molecule has 1 aromatic rings. The van der Waals surface area contributed by atoms with E-state index in [0.717, 1.165) is 5.56 Å². The van der Waals surface area contributed by atoms with Gasteiger partial charge in [-0.2, -0.15) is 0 Å². The summed E-state index contributed by atoms with van der Waals surface area (Å²) in [7, 11) is 0. The van der Waals surface area contributed by atoms with Crippen molar-refractivity contribution in [2.75, 3.05) is 19.0 Å². The summed E-state index contributed by atoms with van der Waals surface area (Å²) >= 11 is 0. The maximum atomic E-state index is 11.7. The Morgan fingerprint density at radius 2 is 2.29 bits per heavy atom.